The fraction of sp³-hybridized carbons (Fsp3) is 0.619. The maximum Gasteiger partial charge on any atom is 0.274 e. The number of ether oxygens (including phenoxy) is 3. The number of rotatable bonds is 11. The molecule has 0 spiro atoms. The molecule has 0 bridgehead atoms. The Morgan fingerprint density at radius 2 is 2.07 bits per heavy atom. The molecule has 0 radical (unpaired) electrons. The molecule has 1 saturated carbocycles. The number of carbonyl (C=O) groups excluding carboxylic acids is 1. The molecule has 3 rings (SSSR count). The molecule has 28 heavy (non-hydrogen) atoms. The summed E-state index contributed by atoms with van der Waals surface area (Å²) in [6, 6.07) is 5.75. The number of benzene rings is 1. The number of hydrogen-bond donors (Lipinski definition) is 0. The molecular weight excluding hydrogens is 381 g/mol. The van der Waals surface area contributed by atoms with Crippen LogP contribution in [-0.4, -0.2) is 42.9 Å². The quantitative estimate of drug-likeness (QED) is 0.532. The molecule has 0 unspecified atom stereocenters. The van der Waals surface area contributed by atoms with Gasteiger partial charge in [0.15, 0.2) is 0 Å². The van der Waals surface area contributed by atoms with E-state index in [2.05, 4.69) is 4.98 Å². The van der Waals surface area contributed by atoms with E-state index in [1.54, 1.807) is 6.92 Å². The van der Waals surface area contributed by atoms with Crippen LogP contribution in [0.15, 0.2) is 18.2 Å². The van der Waals surface area contributed by atoms with Crippen molar-refractivity contribution in [2.75, 3.05) is 19.8 Å². The minimum Gasteiger partial charge on any atom is -0.493 e. The molecule has 1 heterocycles. The smallest absolute Gasteiger partial charge is 0.274 e. The molecule has 0 amide bonds. The summed E-state index contributed by atoms with van der Waals surface area (Å²) in [6.07, 6.45) is 1.84. The predicted molar refractivity (Wildman–Crippen MR) is 108 cm³/mol. The Bertz CT molecular complexity index is 788. The van der Waals surface area contributed by atoms with Crippen LogP contribution >= 0.6 is 11.3 Å². The van der Waals surface area contributed by atoms with Gasteiger partial charge in [-0.1, -0.05) is 18.3 Å². The molecule has 1 aromatic heterocycles. The van der Waals surface area contributed by atoms with Crippen molar-refractivity contribution in [1.29, 1.82) is 0 Å². The average Bonchev–Trinajstić information content (AvgIpc) is 2.99. The highest BCUT2D eigenvalue weighted by Crippen LogP contribution is 2.33. The number of hydrogen-bond acceptors (Lipinski definition) is 6. The molecule has 5 nitrogen and oxygen atoms in total. The highest BCUT2D eigenvalue weighted by molar-refractivity contribution is 7.20. The fourth-order valence-electron chi connectivity index (χ4n) is 3.23. The van der Waals surface area contributed by atoms with Gasteiger partial charge in [0.05, 0.1) is 22.9 Å². The molecule has 0 aliphatic heterocycles. The highest BCUT2D eigenvalue weighted by Gasteiger charge is 2.30. The second-order valence-electron chi connectivity index (χ2n) is 7.82. The van der Waals surface area contributed by atoms with E-state index in [4.69, 9.17) is 14.2 Å². The Morgan fingerprint density at radius 1 is 1.29 bits per heavy atom. The number of halogens is 1. The number of nitrogens with zero attached hydrogens (tertiary/aromatic N) is 1. The van der Waals surface area contributed by atoms with Gasteiger partial charge in [0, 0.05) is 13.0 Å². The molecule has 1 aliphatic rings. The van der Waals surface area contributed by atoms with Gasteiger partial charge in [0.2, 0.25) is 0 Å². The standard InChI is InChI=1S/C21H28FNO4S/c1-13(6-15(3)24)10-25-18-7-16(8-18)12-26-17-4-5-19-20(9-17)28-21(23-19)27-11-14(2)22/h4-5,9,13-14,16,18H,6-8,10-12H2,1-3H3/t13-,14-,16?,18?/m1/s1. The van der Waals surface area contributed by atoms with Gasteiger partial charge >= 0.3 is 0 Å². The average molecular weight is 410 g/mol. The molecule has 1 aliphatic carbocycles. The van der Waals surface area contributed by atoms with Crippen molar-refractivity contribution in [1.82, 2.24) is 4.98 Å². The van der Waals surface area contributed by atoms with E-state index >= 15 is 0 Å². The third-order valence-corrected chi connectivity index (χ3v) is 5.64. The van der Waals surface area contributed by atoms with Crippen LogP contribution in [0.3, 0.4) is 0 Å². The first-order valence-electron chi connectivity index (χ1n) is 9.80. The maximum absolute atomic E-state index is 12.9. The molecular formula is C21H28FNO4S. The van der Waals surface area contributed by atoms with Crippen molar-refractivity contribution in [2.24, 2.45) is 11.8 Å². The molecule has 0 saturated heterocycles. The molecule has 7 heteroatoms. The fourth-order valence-corrected chi connectivity index (χ4v) is 4.08. The lowest BCUT2D eigenvalue weighted by Gasteiger charge is -2.35. The molecule has 1 fully saturated rings. The van der Waals surface area contributed by atoms with Crippen molar-refractivity contribution < 1.29 is 23.4 Å². The Hall–Kier alpha value is -1.73. The van der Waals surface area contributed by atoms with Crippen molar-refractivity contribution in [3.63, 3.8) is 0 Å². The summed E-state index contributed by atoms with van der Waals surface area (Å²) in [4.78, 5) is 15.4. The number of fused-ring (bicyclic) bond motifs is 1. The Morgan fingerprint density at radius 3 is 2.79 bits per heavy atom. The molecule has 0 N–H and O–H groups in total. The van der Waals surface area contributed by atoms with Crippen molar-refractivity contribution in [3.05, 3.63) is 18.2 Å². The maximum atomic E-state index is 12.9. The first-order chi connectivity index (χ1) is 13.4. The third kappa shape index (κ3) is 6.14. The van der Waals surface area contributed by atoms with Crippen LogP contribution in [0.25, 0.3) is 10.2 Å². The second kappa shape index (κ2) is 9.65. The van der Waals surface area contributed by atoms with Crippen LogP contribution < -0.4 is 9.47 Å². The van der Waals surface area contributed by atoms with Crippen LogP contribution in [0.2, 0.25) is 0 Å². The van der Waals surface area contributed by atoms with Crippen LogP contribution in [0.5, 0.6) is 10.9 Å². The number of aromatic nitrogens is 1. The van der Waals surface area contributed by atoms with E-state index in [-0.39, 0.29) is 24.4 Å². The lowest BCUT2D eigenvalue weighted by atomic mass is 9.83. The summed E-state index contributed by atoms with van der Waals surface area (Å²) in [5, 5.41) is 0.481. The Kier molecular flexibility index (Phi) is 7.24. The van der Waals surface area contributed by atoms with E-state index < -0.39 is 6.17 Å². The SMILES string of the molecule is CC(=O)C[C@@H](C)COC1CC(COc2ccc3nc(OC[C@@H](C)F)sc3c2)C1. The minimum absolute atomic E-state index is 0.0155. The van der Waals surface area contributed by atoms with Crippen LogP contribution in [0.1, 0.15) is 40.0 Å². The van der Waals surface area contributed by atoms with E-state index in [9.17, 15) is 9.18 Å². The van der Waals surface area contributed by atoms with Crippen molar-refractivity contribution in [2.45, 2.75) is 52.3 Å². The van der Waals surface area contributed by atoms with Gasteiger partial charge in [-0.3, -0.25) is 0 Å². The molecule has 2 aromatic rings. The lowest BCUT2D eigenvalue weighted by molar-refractivity contribution is -0.119. The van der Waals surface area contributed by atoms with E-state index in [1.165, 1.54) is 18.3 Å². The lowest BCUT2D eigenvalue weighted by Crippen LogP contribution is -2.36. The monoisotopic (exact) mass is 409 g/mol. The summed E-state index contributed by atoms with van der Waals surface area (Å²) in [7, 11) is 0. The summed E-state index contributed by atoms with van der Waals surface area (Å²) in [6.45, 7) is 6.45. The Balaban J connectivity index is 1.39. The normalized spacial score (nSPS) is 21.1. The van der Waals surface area contributed by atoms with Gasteiger partial charge in [-0.25, -0.2) is 9.37 Å². The first kappa shape index (κ1) is 21.0. The topological polar surface area (TPSA) is 57.7 Å². The van der Waals surface area contributed by atoms with Crippen LogP contribution in [0, 0.1) is 11.8 Å². The van der Waals surface area contributed by atoms with Crippen molar-refractivity contribution in [3.8, 4) is 10.9 Å². The van der Waals surface area contributed by atoms with Crippen LogP contribution in [0.4, 0.5) is 4.39 Å². The summed E-state index contributed by atoms with van der Waals surface area (Å²) < 4.78 is 31.0. The predicted octanol–water partition coefficient (Wildman–Crippen LogP) is 4.82. The minimum atomic E-state index is -1.02. The van der Waals surface area contributed by atoms with E-state index in [0.29, 0.717) is 30.7 Å². The molecule has 1 aromatic carbocycles. The number of carbonyl (C=O) groups is 1. The number of thiazole rings is 1. The van der Waals surface area contributed by atoms with E-state index in [0.717, 1.165) is 28.8 Å². The number of ketones is 1. The Labute approximate surface area is 169 Å². The van der Waals surface area contributed by atoms with E-state index in [1.807, 2.05) is 25.1 Å². The molecule has 154 valence electrons. The van der Waals surface area contributed by atoms with Crippen LogP contribution in [-0.2, 0) is 9.53 Å². The first-order valence-corrected chi connectivity index (χ1v) is 10.6. The van der Waals surface area contributed by atoms with Gasteiger partial charge in [-0.05, 0) is 56.7 Å². The zero-order chi connectivity index (χ0) is 20.1. The van der Waals surface area contributed by atoms with Gasteiger partial charge in [-0.15, -0.1) is 0 Å². The number of Topliss-reactive ketones (excluding diaryl/α,β-unsaturated/α-hetero) is 1. The number of alkyl halides is 1. The molecule has 2 atom stereocenters. The highest BCUT2D eigenvalue weighted by atomic mass is 32.1. The van der Waals surface area contributed by atoms with Gasteiger partial charge in [0.25, 0.3) is 5.19 Å². The van der Waals surface area contributed by atoms with Gasteiger partial charge in [0.1, 0.15) is 24.3 Å². The summed E-state index contributed by atoms with van der Waals surface area (Å²) in [5.74, 6) is 1.79. The second-order valence-corrected chi connectivity index (χ2v) is 8.81. The zero-order valence-electron chi connectivity index (χ0n) is 16.7. The van der Waals surface area contributed by atoms with Gasteiger partial charge < -0.3 is 19.0 Å². The van der Waals surface area contributed by atoms with Crippen molar-refractivity contribution >= 4 is 27.3 Å². The summed E-state index contributed by atoms with van der Waals surface area (Å²) >= 11 is 1.40. The summed E-state index contributed by atoms with van der Waals surface area (Å²) in [5.41, 5.74) is 0.829. The van der Waals surface area contributed by atoms with Gasteiger partial charge in [-0.2, -0.15) is 0 Å². The largest absolute Gasteiger partial charge is 0.493 e. The zero-order valence-corrected chi connectivity index (χ0v) is 17.5. The third-order valence-electron chi connectivity index (χ3n) is 4.71.